The normalized spacial score (nSPS) is 33.2. The molecule has 1 heterocycles. The van der Waals surface area contributed by atoms with Crippen LogP contribution >= 0.6 is 15.9 Å². The number of nitrogens with two attached hydrogens (primary N) is 1. The van der Waals surface area contributed by atoms with Gasteiger partial charge in [-0.25, -0.2) is 4.39 Å². The lowest BCUT2D eigenvalue weighted by atomic mass is 9.48. The van der Waals surface area contributed by atoms with E-state index in [-0.39, 0.29) is 17.9 Å². The first-order valence-electron chi connectivity index (χ1n) is 6.95. The van der Waals surface area contributed by atoms with Crippen molar-refractivity contribution in [1.29, 1.82) is 0 Å². The van der Waals surface area contributed by atoms with Crippen LogP contribution in [0.4, 0.5) is 10.1 Å². The third-order valence-corrected chi connectivity index (χ3v) is 5.70. The molecule has 1 aromatic rings. The standard InChI is InChI=1S/C15H18BrFN2O2/c1-14(2)12-9(5-6-21-12)15(14,18)13(20)19-11-7-8(17)3-4-10(11)16/h3-4,7,9,12H,5-6,18H2,1-2H3,(H,19,20). The number of fused-ring (bicyclic) bond motifs is 1. The molecule has 1 aliphatic carbocycles. The summed E-state index contributed by atoms with van der Waals surface area (Å²) in [6.45, 7) is 4.52. The molecular weight excluding hydrogens is 339 g/mol. The lowest BCUT2D eigenvalue weighted by molar-refractivity contribution is -0.170. The van der Waals surface area contributed by atoms with Crippen LogP contribution in [0.5, 0.6) is 0 Å². The van der Waals surface area contributed by atoms with E-state index in [1.807, 2.05) is 13.8 Å². The van der Waals surface area contributed by atoms with Crippen molar-refractivity contribution in [3.63, 3.8) is 0 Å². The monoisotopic (exact) mass is 356 g/mol. The summed E-state index contributed by atoms with van der Waals surface area (Å²) in [5.41, 5.74) is 5.39. The lowest BCUT2D eigenvalue weighted by Gasteiger charge is -2.60. The quantitative estimate of drug-likeness (QED) is 0.856. The van der Waals surface area contributed by atoms with E-state index < -0.39 is 16.8 Å². The summed E-state index contributed by atoms with van der Waals surface area (Å²) in [6.07, 6.45) is 0.798. The predicted octanol–water partition coefficient (Wildman–Crippen LogP) is 2.67. The van der Waals surface area contributed by atoms with Crippen LogP contribution in [0.1, 0.15) is 20.3 Å². The number of nitrogens with one attached hydrogen (secondary N) is 1. The lowest BCUT2D eigenvalue weighted by Crippen LogP contribution is -2.79. The molecule has 0 bridgehead atoms. The van der Waals surface area contributed by atoms with Crippen LogP contribution in [0, 0.1) is 17.2 Å². The number of ether oxygens (including phenoxy) is 1. The second-order valence-electron chi connectivity index (χ2n) is 6.36. The Balaban J connectivity index is 1.87. The average Bonchev–Trinajstić information content (AvgIpc) is 2.90. The van der Waals surface area contributed by atoms with E-state index in [4.69, 9.17) is 10.5 Å². The smallest absolute Gasteiger partial charge is 0.245 e. The van der Waals surface area contributed by atoms with Crippen molar-refractivity contribution in [2.24, 2.45) is 17.1 Å². The number of rotatable bonds is 2. The van der Waals surface area contributed by atoms with Crippen LogP contribution in [0.3, 0.4) is 0 Å². The molecule has 0 spiro atoms. The van der Waals surface area contributed by atoms with Crippen molar-refractivity contribution in [3.8, 4) is 0 Å². The Hall–Kier alpha value is -0.980. The highest BCUT2D eigenvalue weighted by molar-refractivity contribution is 9.10. The second-order valence-corrected chi connectivity index (χ2v) is 7.21. The van der Waals surface area contributed by atoms with Crippen LogP contribution in [0.15, 0.2) is 22.7 Å². The zero-order chi connectivity index (χ0) is 15.4. The molecule has 3 N–H and O–H groups in total. The van der Waals surface area contributed by atoms with Gasteiger partial charge >= 0.3 is 0 Å². The van der Waals surface area contributed by atoms with Crippen molar-refractivity contribution in [1.82, 2.24) is 0 Å². The van der Waals surface area contributed by atoms with Gasteiger partial charge in [0, 0.05) is 22.4 Å². The molecule has 3 unspecified atom stereocenters. The number of halogens is 2. The molecule has 4 nitrogen and oxygen atoms in total. The highest BCUT2D eigenvalue weighted by Crippen LogP contribution is 2.58. The summed E-state index contributed by atoms with van der Waals surface area (Å²) < 4.78 is 19.6. The molecule has 21 heavy (non-hydrogen) atoms. The Labute approximate surface area is 131 Å². The molecular formula is C15H18BrFN2O2. The molecule has 2 aliphatic rings. The van der Waals surface area contributed by atoms with Gasteiger partial charge < -0.3 is 15.8 Å². The van der Waals surface area contributed by atoms with Crippen LogP contribution < -0.4 is 11.1 Å². The largest absolute Gasteiger partial charge is 0.377 e. The van der Waals surface area contributed by atoms with Crippen LogP contribution in [0.2, 0.25) is 0 Å². The minimum Gasteiger partial charge on any atom is -0.377 e. The van der Waals surface area contributed by atoms with Gasteiger partial charge in [0.1, 0.15) is 11.4 Å². The van der Waals surface area contributed by atoms with Crippen molar-refractivity contribution in [3.05, 3.63) is 28.5 Å². The van der Waals surface area contributed by atoms with Crippen molar-refractivity contribution in [2.45, 2.75) is 31.9 Å². The highest BCUT2D eigenvalue weighted by atomic mass is 79.9. The Morgan fingerprint density at radius 2 is 2.24 bits per heavy atom. The fourth-order valence-corrected chi connectivity index (χ4v) is 4.01. The molecule has 1 saturated carbocycles. The van der Waals surface area contributed by atoms with Gasteiger partial charge in [-0.2, -0.15) is 0 Å². The Kier molecular flexibility index (Phi) is 3.39. The van der Waals surface area contributed by atoms with E-state index in [1.54, 1.807) is 6.07 Å². The van der Waals surface area contributed by atoms with E-state index in [9.17, 15) is 9.18 Å². The molecule has 2 fully saturated rings. The molecule has 3 atom stereocenters. The third kappa shape index (κ3) is 1.96. The van der Waals surface area contributed by atoms with Crippen molar-refractivity contribution in [2.75, 3.05) is 11.9 Å². The molecule has 1 amide bonds. The fourth-order valence-electron chi connectivity index (χ4n) is 3.66. The number of carbonyl (C=O) groups excluding carboxylic acids is 1. The molecule has 0 radical (unpaired) electrons. The first-order chi connectivity index (χ1) is 9.78. The van der Waals surface area contributed by atoms with Gasteiger partial charge in [0.25, 0.3) is 0 Å². The Morgan fingerprint density at radius 3 is 2.95 bits per heavy atom. The summed E-state index contributed by atoms with van der Waals surface area (Å²) in [6, 6.07) is 4.16. The number of benzene rings is 1. The SMILES string of the molecule is CC1(C)C2OCCC2C1(N)C(=O)Nc1cc(F)ccc1Br. The Morgan fingerprint density at radius 1 is 1.52 bits per heavy atom. The number of anilines is 1. The number of hydrogen-bond donors (Lipinski definition) is 2. The maximum Gasteiger partial charge on any atom is 0.245 e. The van der Waals surface area contributed by atoms with Crippen molar-refractivity contribution < 1.29 is 13.9 Å². The van der Waals surface area contributed by atoms with E-state index in [2.05, 4.69) is 21.2 Å². The predicted molar refractivity (Wildman–Crippen MR) is 81.3 cm³/mol. The zero-order valence-electron chi connectivity index (χ0n) is 12.0. The number of hydrogen-bond acceptors (Lipinski definition) is 3. The van der Waals surface area contributed by atoms with Gasteiger partial charge in [0.15, 0.2) is 0 Å². The van der Waals surface area contributed by atoms with Crippen LogP contribution in [-0.2, 0) is 9.53 Å². The number of carbonyl (C=O) groups is 1. The number of amides is 1. The molecule has 0 aromatic heterocycles. The van der Waals surface area contributed by atoms with E-state index in [0.29, 0.717) is 16.8 Å². The molecule has 114 valence electrons. The summed E-state index contributed by atoms with van der Waals surface area (Å²) >= 11 is 3.30. The molecule has 1 aromatic carbocycles. The second kappa shape index (κ2) is 4.76. The maximum atomic E-state index is 13.3. The topological polar surface area (TPSA) is 64.3 Å². The Bertz CT molecular complexity index is 607. The molecule has 1 aliphatic heterocycles. The zero-order valence-corrected chi connectivity index (χ0v) is 13.5. The molecule has 1 saturated heterocycles. The van der Waals surface area contributed by atoms with Gasteiger partial charge in [-0.1, -0.05) is 13.8 Å². The van der Waals surface area contributed by atoms with Gasteiger partial charge in [-0.15, -0.1) is 0 Å². The summed E-state index contributed by atoms with van der Waals surface area (Å²) in [5.74, 6) is -0.681. The van der Waals surface area contributed by atoms with E-state index in [1.165, 1.54) is 12.1 Å². The molecule has 3 rings (SSSR count). The van der Waals surface area contributed by atoms with Gasteiger partial charge in [-0.05, 0) is 40.5 Å². The first-order valence-corrected chi connectivity index (χ1v) is 7.75. The minimum absolute atomic E-state index is 0.0137. The minimum atomic E-state index is -1.00. The fraction of sp³-hybridized carbons (Fsp3) is 0.533. The maximum absolute atomic E-state index is 13.3. The summed E-state index contributed by atoms with van der Waals surface area (Å²) in [7, 11) is 0. The van der Waals surface area contributed by atoms with E-state index >= 15 is 0 Å². The molecule has 6 heteroatoms. The first kappa shape index (κ1) is 14.9. The van der Waals surface area contributed by atoms with E-state index in [0.717, 1.165) is 6.42 Å². The van der Waals surface area contributed by atoms with Gasteiger partial charge in [0.05, 0.1) is 11.8 Å². The van der Waals surface area contributed by atoms with Gasteiger partial charge in [-0.3, -0.25) is 4.79 Å². The average molecular weight is 357 g/mol. The summed E-state index contributed by atoms with van der Waals surface area (Å²) in [5, 5.41) is 2.76. The van der Waals surface area contributed by atoms with Gasteiger partial charge in [0.2, 0.25) is 5.91 Å². The van der Waals surface area contributed by atoms with Crippen LogP contribution in [0.25, 0.3) is 0 Å². The highest BCUT2D eigenvalue weighted by Gasteiger charge is 2.71. The third-order valence-electron chi connectivity index (χ3n) is 5.01. The van der Waals surface area contributed by atoms with Crippen molar-refractivity contribution >= 4 is 27.5 Å². The van der Waals surface area contributed by atoms with Crippen LogP contribution in [-0.4, -0.2) is 24.2 Å². The summed E-state index contributed by atoms with van der Waals surface area (Å²) in [4.78, 5) is 12.7.